The second-order valence-corrected chi connectivity index (χ2v) is 5.63. The van der Waals surface area contributed by atoms with Crippen molar-refractivity contribution in [2.75, 3.05) is 19.7 Å². The molecule has 1 aliphatic rings. The maximum Gasteiger partial charge on any atom is 0.206 e. The minimum atomic E-state index is -3.47. The SMILES string of the molecule is O=S(=O)(c1ccc(O)cc1)C1CNCCO1. The van der Waals surface area contributed by atoms with Crippen LogP contribution in [0.3, 0.4) is 0 Å². The summed E-state index contributed by atoms with van der Waals surface area (Å²) in [4.78, 5) is 0.166. The molecule has 0 amide bonds. The van der Waals surface area contributed by atoms with E-state index < -0.39 is 15.3 Å². The van der Waals surface area contributed by atoms with E-state index in [1.165, 1.54) is 24.3 Å². The van der Waals surface area contributed by atoms with Crippen molar-refractivity contribution in [2.24, 2.45) is 0 Å². The summed E-state index contributed by atoms with van der Waals surface area (Å²) in [6.45, 7) is 1.35. The predicted octanol–water partition coefficient (Wildman–Crippen LogP) is 0.112. The van der Waals surface area contributed by atoms with Gasteiger partial charge in [0.1, 0.15) is 5.75 Å². The van der Waals surface area contributed by atoms with E-state index in [0.717, 1.165) is 0 Å². The van der Waals surface area contributed by atoms with Crippen LogP contribution in [0, 0.1) is 0 Å². The van der Waals surface area contributed by atoms with Crippen molar-refractivity contribution < 1.29 is 18.3 Å². The number of morpholine rings is 1. The first-order chi connectivity index (χ1) is 7.60. The maximum absolute atomic E-state index is 12.1. The molecule has 0 saturated carbocycles. The van der Waals surface area contributed by atoms with Gasteiger partial charge in [-0.2, -0.15) is 0 Å². The maximum atomic E-state index is 12.1. The summed E-state index contributed by atoms with van der Waals surface area (Å²) in [5.41, 5.74) is -0.842. The number of hydrogen-bond donors (Lipinski definition) is 2. The molecule has 88 valence electrons. The number of aromatic hydroxyl groups is 1. The topological polar surface area (TPSA) is 75.6 Å². The molecule has 6 heteroatoms. The van der Waals surface area contributed by atoms with E-state index in [0.29, 0.717) is 19.7 Å². The van der Waals surface area contributed by atoms with Gasteiger partial charge < -0.3 is 15.2 Å². The molecule has 1 aromatic rings. The molecule has 0 spiro atoms. The van der Waals surface area contributed by atoms with Crippen LogP contribution >= 0.6 is 0 Å². The molecule has 2 N–H and O–H groups in total. The Bertz CT molecular complexity index is 448. The van der Waals surface area contributed by atoms with E-state index in [2.05, 4.69) is 5.32 Å². The van der Waals surface area contributed by atoms with Crippen molar-refractivity contribution in [3.63, 3.8) is 0 Å². The minimum Gasteiger partial charge on any atom is -0.508 e. The van der Waals surface area contributed by atoms with Crippen LogP contribution in [0.2, 0.25) is 0 Å². The van der Waals surface area contributed by atoms with Gasteiger partial charge in [-0.25, -0.2) is 8.42 Å². The third-order valence-electron chi connectivity index (χ3n) is 2.40. The zero-order valence-electron chi connectivity index (χ0n) is 8.59. The molecule has 1 heterocycles. The van der Waals surface area contributed by atoms with E-state index in [9.17, 15) is 8.42 Å². The van der Waals surface area contributed by atoms with Crippen molar-refractivity contribution in [3.8, 4) is 5.75 Å². The van der Waals surface area contributed by atoms with Gasteiger partial charge in [-0.1, -0.05) is 0 Å². The molecule has 1 aliphatic heterocycles. The summed E-state index contributed by atoms with van der Waals surface area (Å²) in [6, 6.07) is 5.46. The molecule has 1 saturated heterocycles. The van der Waals surface area contributed by atoms with Crippen LogP contribution in [0.1, 0.15) is 0 Å². The minimum absolute atomic E-state index is 0.0432. The highest BCUT2D eigenvalue weighted by molar-refractivity contribution is 7.92. The standard InChI is InChI=1S/C10H13NO4S/c12-8-1-3-9(4-2-8)16(13,14)10-7-11-5-6-15-10/h1-4,10-12H,5-7H2. The van der Waals surface area contributed by atoms with Crippen LogP contribution in [0.15, 0.2) is 29.2 Å². The van der Waals surface area contributed by atoms with E-state index >= 15 is 0 Å². The summed E-state index contributed by atoms with van der Waals surface area (Å²) in [7, 11) is -3.47. The molecule has 0 aliphatic carbocycles. The number of ether oxygens (including phenoxy) is 1. The van der Waals surface area contributed by atoms with Gasteiger partial charge in [-0.15, -0.1) is 0 Å². The van der Waals surface area contributed by atoms with Gasteiger partial charge in [0.25, 0.3) is 0 Å². The van der Waals surface area contributed by atoms with Gasteiger partial charge in [0.05, 0.1) is 11.5 Å². The van der Waals surface area contributed by atoms with Crippen LogP contribution in [0.25, 0.3) is 0 Å². The lowest BCUT2D eigenvalue weighted by molar-refractivity contribution is 0.0785. The average Bonchev–Trinajstić information content (AvgIpc) is 2.31. The summed E-state index contributed by atoms with van der Waals surface area (Å²) in [5, 5.41) is 12.1. The van der Waals surface area contributed by atoms with E-state index in [4.69, 9.17) is 9.84 Å². The summed E-state index contributed by atoms with van der Waals surface area (Å²) in [5.74, 6) is 0.0432. The monoisotopic (exact) mass is 243 g/mol. The van der Waals surface area contributed by atoms with E-state index in [1.807, 2.05) is 0 Å². The summed E-state index contributed by atoms with van der Waals surface area (Å²) < 4.78 is 29.3. The van der Waals surface area contributed by atoms with Crippen molar-refractivity contribution in [2.45, 2.75) is 10.3 Å². The predicted molar refractivity (Wildman–Crippen MR) is 57.9 cm³/mol. The number of rotatable bonds is 2. The first-order valence-corrected chi connectivity index (χ1v) is 6.50. The number of phenolic OH excluding ortho intramolecular Hbond substituents is 1. The third kappa shape index (κ3) is 2.18. The Kier molecular flexibility index (Phi) is 3.13. The van der Waals surface area contributed by atoms with Crippen molar-refractivity contribution >= 4 is 9.84 Å². The fraction of sp³-hybridized carbons (Fsp3) is 0.400. The normalized spacial score (nSPS) is 21.9. The Morgan fingerprint density at radius 1 is 1.31 bits per heavy atom. The highest BCUT2D eigenvalue weighted by atomic mass is 32.2. The highest BCUT2D eigenvalue weighted by Gasteiger charge is 2.29. The van der Waals surface area contributed by atoms with Crippen molar-refractivity contribution in [1.29, 1.82) is 0 Å². The molecule has 0 aromatic heterocycles. The largest absolute Gasteiger partial charge is 0.508 e. The van der Waals surface area contributed by atoms with Crippen molar-refractivity contribution in [1.82, 2.24) is 5.32 Å². The van der Waals surface area contributed by atoms with Crippen LogP contribution in [0.4, 0.5) is 0 Å². The first kappa shape index (κ1) is 11.4. The fourth-order valence-electron chi connectivity index (χ4n) is 1.53. The van der Waals surface area contributed by atoms with Crippen molar-refractivity contribution in [3.05, 3.63) is 24.3 Å². The zero-order valence-corrected chi connectivity index (χ0v) is 9.40. The Labute approximate surface area is 94.0 Å². The Morgan fingerprint density at radius 2 is 2.00 bits per heavy atom. The number of benzene rings is 1. The second-order valence-electron chi connectivity index (χ2n) is 3.54. The average molecular weight is 243 g/mol. The molecule has 1 atom stereocenters. The second kappa shape index (κ2) is 4.40. The van der Waals surface area contributed by atoms with Crippen LogP contribution in [0.5, 0.6) is 5.75 Å². The van der Waals surface area contributed by atoms with Crippen LogP contribution in [-0.4, -0.2) is 38.7 Å². The van der Waals surface area contributed by atoms with Gasteiger partial charge in [-0.3, -0.25) is 0 Å². The fourth-order valence-corrected chi connectivity index (χ4v) is 2.96. The molecule has 0 radical (unpaired) electrons. The number of phenols is 1. The Morgan fingerprint density at radius 3 is 2.56 bits per heavy atom. The van der Waals surface area contributed by atoms with Crippen LogP contribution in [-0.2, 0) is 14.6 Å². The Hall–Kier alpha value is -1.11. The zero-order chi connectivity index (χ0) is 11.6. The molecule has 1 fully saturated rings. The lowest BCUT2D eigenvalue weighted by Crippen LogP contribution is -2.42. The Balaban J connectivity index is 2.27. The lowest BCUT2D eigenvalue weighted by atomic mass is 10.3. The smallest absolute Gasteiger partial charge is 0.206 e. The van der Waals surface area contributed by atoms with Gasteiger partial charge in [0.2, 0.25) is 9.84 Å². The molecule has 1 aromatic carbocycles. The molecular formula is C10H13NO4S. The third-order valence-corrected chi connectivity index (χ3v) is 4.33. The number of hydrogen-bond acceptors (Lipinski definition) is 5. The van der Waals surface area contributed by atoms with E-state index in [1.54, 1.807) is 0 Å². The summed E-state index contributed by atoms with van der Waals surface area (Å²) in [6.07, 6.45) is 0. The molecular weight excluding hydrogens is 230 g/mol. The van der Waals surface area contributed by atoms with Gasteiger partial charge in [0.15, 0.2) is 5.44 Å². The quantitative estimate of drug-likeness (QED) is 0.771. The molecule has 2 rings (SSSR count). The highest BCUT2D eigenvalue weighted by Crippen LogP contribution is 2.20. The molecule has 0 bridgehead atoms. The van der Waals surface area contributed by atoms with Crippen LogP contribution < -0.4 is 5.32 Å². The van der Waals surface area contributed by atoms with E-state index in [-0.39, 0.29) is 10.6 Å². The van der Waals surface area contributed by atoms with Gasteiger partial charge in [0, 0.05) is 13.1 Å². The summed E-state index contributed by atoms with van der Waals surface area (Å²) >= 11 is 0. The molecule has 16 heavy (non-hydrogen) atoms. The lowest BCUT2D eigenvalue weighted by Gasteiger charge is -2.23. The number of nitrogens with one attached hydrogen (secondary N) is 1. The molecule has 1 unspecified atom stereocenters. The first-order valence-electron chi connectivity index (χ1n) is 4.96. The number of sulfone groups is 1. The van der Waals surface area contributed by atoms with Gasteiger partial charge >= 0.3 is 0 Å². The molecule has 5 nitrogen and oxygen atoms in total. The van der Waals surface area contributed by atoms with Gasteiger partial charge in [-0.05, 0) is 24.3 Å².